The number of halogens is 2. The first-order valence-electron chi connectivity index (χ1n) is 3.43. The largest absolute Gasteiger partial charge is 0.469 e. The van der Waals surface area contributed by atoms with E-state index in [1.807, 2.05) is 0 Å². The van der Waals surface area contributed by atoms with Crippen molar-refractivity contribution in [3.8, 4) is 0 Å². The molecule has 0 atom stereocenters. The van der Waals surface area contributed by atoms with Crippen molar-refractivity contribution in [3.63, 3.8) is 0 Å². The molecule has 0 rings (SSSR count). The molecule has 76 valence electrons. The molecule has 0 radical (unpaired) electrons. The summed E-state index contributed by atoms with van der Waals surface area (Å²) in [5.74, 6) is -1.15. The average Bonchev–Trinajstić information content (AvgIpc) is 2.02. The van der Waals surface area contributed by atoms with E-state index in [1.165, 1.54) is 14.2 Å². The van der Waals surface area contributed by atoms with E-state index in [-0.39, 0.29) is 12.8 Å². The Kier molecular flexibility index (Phi) is 5.10. The van der Waals surface area contributed by atoms with Crippen molar-refractivity contribution in [2.45, 2.75) is 17.2 Å². The summed E-state index contributed by atoms with van der Waals surface area (Å²) in [7, 11) is 2.43. The topological polar surface area (TPSA) is 52.6 Å². The number of ether oxygens (including phenoxy) is 2. The fourth-order valence-electron chi connectivity index (χ4n) is 0.629. The molecule has 0 unspecified atom stereocenters. The van der Waals surface area contributed by atoms with Crippen molar-refractivity contribution < 1.29 is 19.1 Å². The molecular weight excluding hydrogens is 219 g/mol. The van der Waals surface area contributed by atoms with E-state index in [2.05, 4.69) is 9.47 Å². The fraction of sp³-hybridized carbons (Fsp3) is 0.714. The van der Waals surface area contributed by atoms with Crippen LogP contribution in [0.25, 0.3) is 0 Å². The van der Waals surface area contributed by atoms with Crippen LogP contribution in [0.4, 0.5) is 0 Å². The Morgan fingerprint density at radius 2 is 1.38 bits per heavy atom. The lowest BCUT2D eigenvalue weighted by atomic mass is 10.2. The van der Waals surface area contributed by atoms with Crippen molar-refractivity contribution in [1.82, 2.24) is 0 Å². The van der Waals surface area contributed by atoms with Crippen LogP contribution >= 0.6 is 23.2 Å². The summed E-state index contributed by atoms with van der Waals surface area (Å²) in [5, 5.41) is 0. The summed E-state index contributed by atoms with van der Waals surface area (Å²) in [6, 6.07) is 0. The third-order valence-corrected chi connectivity index (χ3v) is 1.80. The van der Waals surface area contributed by atoms with Crippen LogP contribution in [0.5, 0.6) is 0 Å². The first-order chi connectivity index (χ1) is 5.91. The Hall–Kier alpha value is -0.480. The molecular formula is C7H10Cl2O4. The molecule has 0 aromatic heterocycles. The Labute approximate surface area is 86.1 Å². The number of carbonyl (C=O) groups is 2. The molecule has 0 aliphatic heterocycles. The van der Waals surface area contributed by atoms with Crippen molar-refractivity contribution in [2.75, 3.05) is 14.2 Å². The summed E-state index contributed by atoms with van der Waals surface area (Å²) in [5.41, 5.74) is 0. The smallest absolute Gasteiger partial charge is 0.308 e. The second-order valence-corrected chi connectivity index (χ2v) is 4.00. The first-order valence-corrected chi connectivity index (χ1v) is 4.18. The zero-order valence-electron chi connectivity index (χ0n) is 7.30. The van der Waals surface area contributed by atoms with E-state index in [1.54, 1.807) is 0 Å². The maximum atomic E-state index is 10.8. The van der Waals surface area contributed by atoms with Crippen molar-refractivity contribution in [1.29, 1.82) is 0 Å². The van der Waals surface area contributed by atoms with Crippen LogP contribution in [0.1, 0.15) is 12.8 Å². The molecule has 0 bridgehead atoms. The van der Waals surface area contributed by atoms with Gasteiger partial charge in [0.2, 0.25) is 0 Å². The number of alkyl halides is 2. The minimum Gasteiger partial charge on any atom is -0.469 e. The number of hydrogen-bond donors (Lipinski definition) is 0. The standard InChI is InChI=1S/C7H10Cl2O4/c1-12-5(10)3-7(8,9)4-6(11)13-2/h3-4H2,1-2H3. The van der Waals surface area contributed by atoms with Gasteiger partial charge >= 0.3 is 11.9 Å². The Morgan fingerprint density at radius 1 is 1.08 bits per heavy atom. The van der Waals surface area contributed by atoms with E-state index in [0.29, 0.717) is 0 Å². The molecule has 0 aromatic rings. The van der Waals surface area contributed by atoms with E-state index in [0.717, 1.165) is 0 Å². The van der Waals surface area contributed by atoms with Gasteiger partial charge in [0.1, 0.15) is 4.33 Å². The molecule has 4 nitrogen and oxygen atoms in total. The number of rotatable bonds is 4. The summed E-state index contributed by atoms with van der Waals surface area (Å²) in [6.45, 7) is 0. The van der Waals surface area contributed by atoms with Gasteiger partial charge in [0.25, 0.3) is 0 Å². The zero-order chi connectivity index (χ0) is 10.5. The van der Waals surface area contributed by atoms with Crippen LogP contribution in [0.2, 0.25) is 0 Å². The summed E-state index contributed by atoms with van der Waals surface area (Å²) in [4.78, 5) is 21.5. The number of carbonyl (C=O) groups excluding carboxylic acids is 2. The fourth-order valence-corrected chi connectivity index (χ4v) is 1.07. The normalized spacial score (nSPS) is 10.8. The third-order valence-electron chi connectivity index (χ3n) is 1.26. The van der Waals surface area contributed by atoms with E-state index in [9.17, 15) is 9.59 Å². The highest BCUT2D eigenvalue weighted by Crippen LogP contribution is 2.29. The molecule has 0 spiro atoms. The van der Waals surface area contributed by atoms with Crippen LogP contribution in [0, 0.1) is 0 Å². The van der Waals surface area contributed by atoms with Gasteiger partial charge in [-0.25, -0.2) is 0 Å². The van der Waals surface area contributed by atoms with Gasteiger partial charge in [-0.3, -0.25) is 9.59 Å². The van der Waals surface area contributed by atoms with E-state index < -0.39 is 16.3 Å². The number of hydrogen-bond acceptors (Lipinski definition) is 4. The van der Waals surface area contributed by atoms with Gasteiger partial charge in [-0.05, 0) is 0 Å². The van der Waals surface area contributed by atoms with E-state index >= 15 is 0 Å². The quantitative estimate of drug-likeness (QED) is 0.538. The summed E-state index contributed by atoms with van der Waals surface area (Å²) >= 11 is 11.3. The minimum absolute atomic E-state index is 0.248. The molecule has 0 saturated heterocycles. The summed E-state index contributed by atoms with van der Waals surface area (Å²) in [6.07, 6.45) is -0.497. The lowest BCUT2D eigenvalue weighted by Gasteiger charge is -2.15. The van der Waals surface area contributed by atoms with Crippen LogP contribution in [0.3, 0.4) is 0 Å². The van der Waals surface area contributed by atoms with Crippen molar-refractivity contribution >= 4 is 35.1 Å². The van der Waals surface area contributed by atoms with Crippen LogP contribution in [-0.4, -0.2) is 30.5 Å². The second kappa shape index (κ2) is 5.29. The monoisotopic (exact) mass is 228 g/mol. The molecule has 0 fully saturated rings. The number of esters is 2. The maximum Gasteiger partial charge on any atom is 0.308 e. The molecule has 0 aliphatic rings. The maximum absolute atomic E-state index is 10.8. The highest BCUT2D eigenvalue weighted by molar-refractivity contribution is 6.49. The molecule has 13 heavy (non-hydrogen) atoms. The average molecular weight is 229 g/mol. The first kappa shape index (κ1) is 12.5. The molecule has 0 N–H and O–H groups in total. The van der Waals surface area contributed by atoms with Crippen molar-refractivity contribution in [2.24, 2.45) is 0 Å². The molecule has 0 aromatic carbocycles. The van der Waals surface area contributed by atoms with Crippen LogP contribution in [0.15, 0.2) is 0 Å². The van der Waals surface area contributed by atoms with Gasteiger partial charge in [-0.1, -0.05) is 0 Å². The minimum atomic E-state index is -1.46. The molecule has 0 saturated carbocycles. The van der Waals surface area contributed by atoms with Crippen molar-refractivity contribution in [3.05, 3.63) is 0 Å². The lowest BCUT2D eigenvalue weighted by Crippen LogP contribution is -2.23. The highest BCUT2D eigenvalue weighted by atomic mass is 35.5. The lowest BCUT2D eigenvalue weighted by molar-refractivity contribution is -0.142. The SMILES string of the molecule is COC(=O)CC(Cl)(Cl)CC(=O)OC. The van der Waals surface area contributed by atoms with Gasteiger partial charge in [-0.2, -0.15) is 0 Å². The molecule has 0 aliphatic carbocycles. The highest BCUT2D eigenvalue weighted by Gasteiger charge is 2.31. The van der Waals surface area contributed by atoms with Gasteiger partial charge in [0.15, 0.2) is 0 Å². The predicted molar refractivity (Wildman–Crippen MR) is 47.7 cm³/mol. The van der Waals surface area contributed by atoms with Crippen LogP contribution < -0.4 is 0 Å². The third kappa shape index (κ3) is 5.71. The summed E-state index contributed by atoms with van der Waals surface area (Å²) < 4.78 is 7.22. The molecule has 0 heterocycles. The number of methoxy groups -OCH3 is 2. The van der Waals surface area contributed by atoms with Gasteiger partial charge in [-0.15, -0.1) is 23.2 Å². The van der Waals surface area contributed by atoms with E-state index in [4.69, 9.17) is 23.2 Å². The van der Waals surface area contributed by atoms with Gasteiger partial charge < -0.3 is 9.47 Å². The van der Waals surface area contributed by atoms with Gasteiger partial charge in [0.05, 0.1) is 27.1 Å². The van der Waals surface area contributed by atoms with Crippen LogP contribution in [-0.2, 0) is 19.1 Å². The van der Waals surface area contributed by atoms with Gasteiger partial charge in [0, 0.05) is 0 Å². The molecule has 6 heteroatoms. The molecule has 0 amide bonds. The Morgan fingerprint density at radius 3 is 1.62 bits per heavy atom. The predicted octanol–water partition coefficient (Wildman–Crippen LogP) is 1.29. The zero-order valence-corrected chi connectivity index (χ0v) is 8.81. The Bertz CT molecular complexity index is 183. The second-order valence-electron chi connectivity index (χ2n) is 2.36. The Balaban J connectivity index is 4.07.